The summed E-state index contributed by atoms with van der Waals surface area (Å²) in [7, 11) is 0. The van der Waals surface area contributed by atoms with Crippen molar-refractivity contribution in [3.8, 4) is 5.75 Å². The van der Waals surface area contributed by atoms with Crippen molar-refractivity contribution in [1.29, 1.82) is 0 Å². The van der Waals surface area contributed by atoms with Crippen molar-refractivity contribution in [3.63, 3.8) is 0 Å². The van der Waals surface area contributed by atoms with Crippen molar-refractivity contribution >= 4 is 5.91 Å². The molecule has 0 aromatic heterocycles. The molecule has 4 heteroatoms. The molecule has 2 atom stereocenters. The lowest BCUT2D eigenvalue weighted by Gasteiger charge is -2.32. The van der Waals surface area contributed by atoms with Gasteiger partial charge in [0.05, 0.1) is 6.04 Å². The number of hydrogen-bond acceptors (Lipinski definition) is 3. The van der Waals surface area contributed by atoms with Gasteiger partial charge in [-0.15, -0.1) is 0 Å². The van der Waals surface area contributed by atoms with Crippen molar-refractivity contribution in [3.05, 3.63) is 29.8 Å². The highest BCUT2D eigenvalue weighted by Crippen LogP contribution is 2.24. The van der Waals surface area contributed by atoms with Gasteiger partial charge in [-0.3, -0.25) is 4.79 Å². The summed E-state index contributed by atoms with van der Waals surface area (Å²) in [6.07, 6.45) is 0. The molecule has 1 aromatic rings. The monoisotopic (exact) mass is 318 g/mol. The number of amides is 1. The predicted molar refractivity (Wildman–Crippen MR) is 93.8 cm³/mol. The maximum absolute atomic E-state index is 12.2. The quantitative estimate of drug-likeness (QED) is 0.848. The van der Waals surface area contributed by atoms with Crippen LogP contribution in [0.2, 0.25) is 0 Å². The molecule has 128 valence electrons. The van der Waals surface area contributed by atoms with Crippen LogP contribution in [0, 0.1) is 11.8 Å². The van der Waals surface area contributed by atoms with E-state index in [9.17, 15) is 4.79 Å². The van der Waals surface area contributed by atoms with Crippen LogP contribution in [0.25, 0.3) is 0 Å². The molecular weight excluding hydrogens is 288 g/mol. The molecule has 23 heavy (non-hydrogen) atoms. The average molecular weight is 318 g/mol. The van der Waals surface area contributed by atoms with Crippen LogP contribution in [0.4, 0.5) is 0 Å². The number of nitrogens with one attached hydrogen (secondary N) is 2. The zero-order chi connectivity index (χ0) is 17.0. The lowest BCUT2D eigenvalue weighted by atomic mass is 9.87. The van der Waals surface area contributed by atoms with Crippen molar-refractivity contribution < 1.29 is 9.53 Å². The Morgan fingerprint density at radius 1 is 1.26 bits per heavy atom. The van der Waals surface area contributed by atoms with Crippen LogP contribution in [-0.4, -0.2) is 31.6 Å². The van der Waals surface area contributed by atoms with Gasteiger partial charge in [-0.05, 0) is 49.0 Å². The number of benzene rings is 1. The lowest BCUT2D eigenvalue weighted by molar-refractivity contribution is -0.127. The number of ether oxygens (including phenoxy) is 1. The van der Waals surface area contributed by atoms with Crippen LogP contribution < -0.4 is 15.4 Å². The molecule has 0 aliphatic carbocycles. The fourth-order valence-corrected chi connectivity index (χ4v) is 2.57. The van der Waals surface area contributed by atoms with Crippen molar-refractivity contribution in [1.82, 2.24) is 10.6 Å². The van der Waals surface area contributed by atoms with E-state index < -0.39 is 0 Å². The second-order valence-electron chi connectivity index (χ2n) is 7.70. The molecule has 2 unspecified atom stereocenters. The molecule has 1 fully saturated rings. The maximum Gasteiger partial charge on any atom is 0.223 e. The second kappa shape index (κ2) is 7.35. The van der Waals surface area contributed by atoms with E-state index in [1.165, 1.54) is 5.56 Å². The Hall–Kier alpha value is -1.55. The first kappa shape index (κ1) is 17.8. The standard InChI is InChI=1S/C19H30N2O2/c1-13(21-18(22)14(2)15-10-20-11-15)12-23-17-8-6-16(7-9-17)19(3,4)5/h6-9,13-15,20H,10-12H2,1-5H3,(H,21,22). The highest BCUT2D eigenvalue weighted by atomic mass is 16.5. The van der Waals surface area contributed by atoms with Crippen LogP contribution in [0.5, 0.6) is 5.75 Å². The molecule has 1 saturated heterocycles. The number of carbonyl (C=O) groups is 1. The van der Waals surface area contributed by atoms with Crippen LogP contribution in [-0.2, 0) is 10.2 Å². The third-order valence-corrected chi connectivity index (χ3v) is 4.54. The number of hydrogen-bond donors (Lipinski definition) is 2. The first-order valence-electron chi connectivity index (χ1n) is 8.52. The maximum atomic E-state index is 12.2. The predicted octanol–water partition coefficient (Wildman–Crippen LogP) is 2.72. The summed E-state index contributed by atoms with van der Waals surface area (Å²) in [5, 5.41) is 6.25. The highest BCUT2D eigenvalue weighted by molar-refractivity contribution is 5.79. The Morgan fingerprint density at radius 3 is 2.35 bits per heavy atom. The van der Waals surface area contributed by atoms with E-state index in [2.05, 4.69) is 43.5 Å². The van der Waals surface area contributed by atoms with Gasteiger partial charge in [0.15, 0.2) is 0 Å². The molecule has 1 aromatic carbocycles. The summed E-state index contributed by atoms with van der Waals surface area (Å²) in [5.74, 6) is 1.49. The summed E-state index contributed by atoms with van der Waals surface area (Å²) in [6, 6.07) is 8.20. The van der Waals surface area contributed by atoms with Crippen LogP contribution in [0.3, 0.4) is 0 Å². The minimum atomic E-state index is 0.000258. The van der Waals surface area contributed by atoms with Crippen LogP contribution >= 0.6 is 0 Å². The first-order valence-corrected chi connectivity index (χ1v) is 8.52. The van der Waals surface area contributed by atoms with Gasteiger partial charge in [-0.1, -0.05) is 39.8 Å². The smallest absolute Gasteiger partial charge is 0.223 e. The van der Waals surface area contributed by atoms with E-state index in [1.54, 1.807) is 0 Å². The number of rotatable bonds is 6. The molecule has 0 bridgehead atoms. The zero-order valence-corrected chi connectivity index (χ0v) is 15.0. The van der Waals surface area contributed by atoms with Gasteiger partial charge in [-0.25, -0.2) is 0 Å². The van der Waals surface area contributed by atoms with Crippen LogP contribution in [0.15, 0.2) is 24.3 Å². The van der Waals surface area contributed by atoms with Crippen molar-refractivity contribution in [2.75, 3.05) is 19.7 Å². The third-order valence-electron chi connectivity index (χ3n) is 4.54. The van der Waals surface area contributed by atoms with Crippen LogP contribution in [0.1, 0.15) is 40.2 Å². The topological polar surface area (TPSA) is 50.4 Å². The molecule has 1 heterocycles. The Bertz CT molecular complexity index is 515. The molecule has 0 spiro atoms. The fraction of sp³-hybridized carbons (Fsp3) is 0.632. The molecule has 4 nitrogen and oxygen atoms in total. The van der Waals surface area contributed by atoms with E-state index in [1.807, 2.05) is 26.0 Å². The Kier molecular flexibility index (Phi) is 5.69. The minimum Gasteiger partial charge on any atom is -0.491 e. The van der Waals surface area contributed by atoms with Gasteiger partial charge in [0.25, 0.3) is 0 Å². The minimum absolute atomic E-state index is 0.000258. The van der Waals surface area contributed by atoms with Crippen molar-refractivity contribution in [2.24, 2.45) is 11.8 Å². The van der Waals surface area contributed by atoms with E-state index in [4.69, 9.17) is 4.74 Å². The van der Waals surface area contributed by atoms with Gasteiger partial charge >= 0.3 is 0 Å². The van der Waals surface area contributed by atoms with Gasteiger partial charge in [0.1, 0.15) is 12.4 Å². The SMILES string of the molecule is CC(COc1ccc(C(C)(C)C)cc1)NC(=O)C(C)C1CNC1. The fourth-order valence-electron chi connectivity index (χ4n) is 2.57. The van der Waals surface area contributed by atoms with E-state index in [-0.39, 0.29) is 23.3 Å². The Labute approximate surface area is 140 Å². The lowest BCUT2D eigenvalue weighted by Crippen LogP contribution is -2.51. The zero-order valence-electron chi connectivity index (χ0n) is 15.0. The normalized spacial score (nSPS) is 18.0. The summed E-state index contributed by atoms with van der Waals surface area (Å²) in [4.78, 5) is 12.2. The van der Waals surface area contributed by atoms with Gasteiger partial charge in [-0.2, -0.15) is 0 Å². The number of carbonyl (C=O) groups excluding carboxylic acids is 1. The van der Waals surface area contributed by atoms with E-state index in [0.29, 0.717) is 12.5 Å². The van der Waals surface area contributed by atoms with Gasteiger partial charge in [0.2, 0.25) is 5.91 Å². The molecule has 2 rings (SSSR count). The summed E-state index contributed by atoms with van der Waals surface area (Å²) >= 11 is 0. The molecule has 2 N–H and O–H groups in total. The molecular formula is C19H30N2O2. The molecule has 1 amide bonds. The Morgan fingerprint density at radius 2 is 1.87 bits per heavy atom. The first-order chi connectivity index (χ1) is 10.8. The van der Waals surface area contributed by atoms with Gasteiger partial charge < -0.3 is 15.4 Å². The largest absolute Gasteiger partial charge is 0.491 e. The van der Waals surface area contributed by atoms with E-state index >= 15 is 0 Å². The summed E-state index contributed by atoms with van der Waals surface area (Å²) < 4.78 is 5.79. The average Bonchev–Trinajstić information content (AvgIpc) is 2.42. The molecule has 1 aliphatic rings. The van der Waals surface area contributed by atoms with Gasteiger partial charge in [0, 0.05) is 5.92 Å². The van der Waals surface area contributed by atoms with Crippen molar-refractivity contribution in [2.45, 2.75) is 46.1 Å². The highest BCUT2D eigenvalue weighted by Gasteiger charge is 2.29. The molecule has 0 radical (unpaired) electrons. The Balaban J connectivity index is 1.77. The summed E-state index contributed by atoms with van der Waals surface area (Å²) in [5.41, 5.74) is 1.43. The third kappa shape index (κ3) is 4.96. The molecule has 1 aliphatic heterocycles. The summed E-state index contributed by atoms with van der Waals surface area (Å²) in [6.45, 7) is 12.9. The second-order valence-corrected chi connectivity index (χ2v) is 7.70. The molecule has 0 saturated carbocycles. The van der Waals surface area contributed by atoms with E-state index in [0.717, 1.165) is 18.8 Å².